The van der Waals surface area contributed by atoms with E-state index in [2.05, 4.69) is 15.3 Å². The van der Waals surface area contributed by atoms with Crippen molar-refractivity contribution < 1.29 is 14.0 Å². The van der Waals surface area contributed by atoms with Gasteiger partial charge >= 0.3 is 5.69 Å². The summed E-state index contributed by atoms with van der Waals surface area (Å²) in [7, 11) is 0. The molecule has 0 aliphatic carbocycles. The number of carbonyl (C=O) groups is 2. The summed E-state index contributed by atoms with van der Waals surface area (Å²) in [5.74, 6) is -1.58. The molecular formula is C21H23FN4O3. The number of aromatic nitrogens is 2. The predicted octanol–water partition coefficient (Wildman–Crippen LogP) is 1.78. The van der Waals surface area contributed by atoms with Crippen LogP contribution in [-0.2, 0) is 22.4 Å². The number of H-pyrrole nitrogens is 2. The first-order valence-electron chi connectivity index (χ1n) is 9.42. The average Bonchev–Trinajstić information content (AvgIpc) is 3.05. The number of amides is 2. The predicted molar refractivity (Wildman–Crippen MR) is 108 cm³/mol. The lowest BCUT2D eigenvalue weighted by Gasteiger charge is -2.14. The van der Waals surface area contributed by atoms with Crippen LogP contribution in [0.25, 0.3) is 11.0 Å². The molecule has 1 heterocycles. The Labute approximate surface area is 166 Å². The molecule has 1 atom stereocenters. The third kappa shape index (κ3) is 5.78. The number of aryl methyl sites for hydroxylation is 1. The lowest BCUT2D eigenvalue weighted by Crippen LogP contribution is -2.37. The molecular weight excluding hydrogens is 375 g/mol. The van der Waals surface area contributed by atoms with E-state index in [1.54, 1.807) is 12.1 Å². The average molecular weight is 398 g/mol. The van der Waals surface area contributed by atoms with Crippen LogP contribution in [0.4, 0.5) is 4.39 Å². The van der Waals surface area contributed by atoms with E-state index >= 15 is 0 Å². The molecule has 5 N–H and O–H groups in total. The zero-order chi connectivity index (χ0) is 20.8. The fraction of sp³-hybridized carbons (Fsp3) is 0.286. The zero-order valence-electron chi connectivity index (χ0n) is 15.8. The molecule has 7 nitrogen and oxygen atoms in total. The quantitative estimate of drug-likeness (QED) is 0.440. The van der Waals surface area contributed by atoms with E-state index in [0.717, 1.165) is 22.2 Å². The van der Waals surface area contributed by atoms with Gasteiger partial charge in [-0.1, -0.05) is 18.2 Å². The van der Waals surface area contributed by atoms with Gasteiger partial charge < -0.3 is 21.0 Å². The maximum atomic E-state index is 13.0. The van der Waals surface area contributed by atoms with Crippen molar-refractivity contribution in [2.45, 2.75) is 25.7 Å². The molecule has 8 heteroatoms. The fourth-order valence-corrected chi connectivity index (χ4v) is 3.19. The van der Waals surface area contributed by atoms with Crippen LogP contribution >= 0.6 is 0 Å². The zero-order valence-corrected chi connectivity index (χ0v) is 15.8. The van der Waals surface area contributed by atoms with Gasteiger partial charge in [-0.2, -0.15) is 0 Å². The van der Waals surface area contributed by atoms with Crippen LogP contribution in [0.1, 0.15) is 24.0 Å². The van der Waals surface area contributed by atoms with E-state index in [1.165, 1.54) is 12.1 Å². The Hall–Kier alpha value is -3.42. The summed E-state index contributed by atoms with van der Waals surface area (Å²) in [6.07, 6.45) is 1.96. The molecule has 0 radical (unpaired) electrons. The largest absolute Gasteiger partial charge is 0.369 e. The first-order chi connectivity index (χ1) is 13.9. The van der Waals surface area contributed by atoms with E-state index < -0.39 is 11.8 Å². The summed E-state index contributed by atoms with van der Waals surface area (Å²) in [6, 6.07) is 11.5. The Kier molecular flexibility index (Phi) is 6.43. The highest BCUT2D eigenvalue weighted by Gasteiger charge is 2.17. The molecule has 29 heavy (non-hydrogen) atoms. The Morgan fingerprint density at radius 1 is 1.03 bits per heavy atom. The lowest BCUT2D eigenvalue weighted by atomic mass is 9.98. The lowest BCUT2D eigenvalue weighted by molar-refractivity contribution is -0.123. The van der Waals surface area contributed by atoms with Gasteiger partial charge in [0.05, 0.1) is 17.0 Å². The normalized spacial score (nSPS) is 12.0. The molecule has 3 rings (SSSR count). The fourth-order valence-electron chi connectivity index (χ4n) is 3.19. The number of carbonyl (C=O) groups excluding carboxylic acids is 2. The highest BCUT2D eigenvalue weighted by atomic mass is 19.1. The van der Waals surface area contributed by atoms with Gasteiger partial charge in [0.25, 0.3) is 0 Å². The third-order valence-electron chi connectivity index (χ3n) is 4.79. The minimum atomic E-state index is -0.558. The van der Waals surface area contributed by atoms with Crippen LogP contribution in [0, 0.1) is 11.7 Å². The van der Waals surface area contributed by atoms with E-state index in [4.69, 9.17) is 5.73 Å². The van der Waals surface area contributed by atoms with Gasteiger partial charge in [0, 0.05) is 13.0 Å². The van der Waals surface area contributed by atoms with Crippen LogP contribution in [0.5, 0.6) is 0 Å². The molecule has 1 aromatic heterocycles. The summed E-state index contributed by atoms with van der Waals surface area (Å²) < 4.78 is 13.0. The Balaban J connectivity index is 1.45. The highest BCUT2D eigenvalue weighted by molar-refractivity contribution is 5.80. The summed E-state index contributed by atoms with van der Waals surface area (Å²) >= 11 is 0. The topological polar surface area (TPSA) is 121 Å². The van der Waals surface area contributed by atoms with Gasteiger partial charge in [-0.3, -0.25) is 9.59 Å². The van der Waals surface area contributed by atoms with E-state index in [9.17, 15) is 18.8 Å². The van der Waals surface area contributed by atoms with Crippen molar-refractivity contribution in [1.82, 2.24) is 15.3 Å². The van der Waals surface area contributed by atoms with Crippen molar-refractivity contribution in [2.75, 3.05) is 6.54 Å². The van der Waals surface area contributed by atoms with E-state index in [0.29, 0.717) is 25.7 Å². The van der Waals surface area contributed by atoms with Crippen molar-refractivity contribution >= 4 is 22.8 Å². The molecule has 0 fully saturated rings. The molecule has 0 aliphatic heterocycles. The standard InChI is InChI=1S/C21H23FN4O3/c22-16-7-4-14(5-8-16)10-15(20(23)28)12-24-19(27)3-1-2-13-6-9-17-18(11-13)26-21(29)25-17/h4-9,11,15H,1-3,10,12H2,(H2,23,28)(H,24,27)(H2,25,26,29). The summed E-state index contributed by atoms with van der Waals surface area (Å²) in [5.41, 5.74) is 8.47. The number of primary amides is 1. The van der Waals surface area contributed by atoms with E-state index in [-0.39, 0.29) is 24.0 Å². The number of aromatic amines is 2. The number of imidazole rings is 1. The number of rotatable bonds is 9. The van der Waals surface area contributed by atoms with Crippen molar-refractivity contribution in [3.8, 4) is 0 Å². The van der Waals surface area contributed by atoms with Crippen molar-refractivity contribution in [2.24, 2.45) is 11.7 Å². The minimum absolute atomic E-state index is 0.141. The summed E-state index contributed by atoms with van der Waals surface area (Å²) in [4.78, 5) is 40.5. The van der Waals surface area contributed by atoms with Gasteiger partial charge in [0.2, 0.25) is 11.8 Å². The second-order valence-corrected chi connectivity index (χ2v) is 7.05. The maximum absolute atomic E-state index is 13.0. The van der Waals surface area contributed by atoms with Crippen LogP contribution in [0.2, 0.25) is 0 Å². The molecule has 3 aromatic rings. The number of fused-ring (bicyclic) bond motifs is 1. The molecule has 0 bridgehead atoms. The number of nitrogens with one attached hydrogen (secondary N) is 3. The SMILES string of the molecule is NC(=O)C(CNC(=O)CCCc1ccc2[nH]c(=O)[nH]c2c1)Cc1ccc(F)cc1. The van der Waals surface area contributed by atoms with Crippen molar-refractivity contribution in [1.29, 1.82) is 0 Å². The molecule has 2 aromatic carbocycles. The van der Waals surface area contributed by atoms with E-state index in [1.807, 2.05) is 18.2 Å². The van der Waals surface area contributed by atoms with Gasteiger partial charge in [-0.05, 0) is 54.7 Å². The summed E-state index contributed by atoms with van der Waals surface area (Å²) in [5, 5.41) is 2.75. The first kappa shape index (κ1) is 20.3. The molecule has 0 saturated heterocycles. The third-order valence-corrected chi connectivity index (χ3v) is 4.79. The number of hydrogen-bond donors (Lipinski definition) is 4. The number of nitrogens with two attached hydrogens (primary N) is 1. The first-order valence-corrected chi connectivity index (χ1v) is 9.42. The molecule has 0 spiro atoms. The van der Waals surface area contributed by atoms with Crippen LogP contribution in [-0.4, -0.2) is 28.3 Å². The van der Waals surface area contributed by atoms with Crippen LogP contribution in [0.3, 0.4) is 0 Å². The number of halogens is 1. The molecule has 152 valence electrons. The monoisotopic (exact) mass is 398 g/mol. The Bertz CT molecular complexity index is 1060. The molecule has 0 saturated carbocycles. The van der Waals surface area contributed by atoms with Gasteiger partial charge in [0.1, 0.15) is 5.82 Å². The Morgan fingerprint density at radius 3 is 2.45 bits per heavy atom. The van der Waals surface area contributed by atoms with Crippen molar-refractivity contribution in [3.05, 3.63) is 69.9 Å². The van der Waals surface area contributed by atoms with Gasteiger partial charge in [-0.15, -0.1) is 0 Å². The number of benzene rings is 2. The van der Waals surface area contributed by atoms with Crippen LogP contribution in [0.15, 0.2) is 47.3 Å². The van der Waals surface area contributed by atoms with Gasteiger partial charge in [0.15, 0.2) is 0 Å². The molecule has 0 aliphatic rings. The summed E-state index contributed by atoms with van der Waals surface area (Å²) in [6.45, 7) is 0.141. The minimum Gasteiger partial charge on any atom is -0.369 e. The maximum Gasteiger partial charge on any atom is 0.323 e. The molecule has 2 amide bonds. The number of hydrogen-bond acceptors (Lipinski definition) is 3. The Morgan fingerprint density at radius 2 is 1.72 bits per heavy atom. The second kappa shape index (κ2) is 9.18. The van der Waals surface area contributed by atoms with Crippen LogP contribution < -0.4 is 16.7 Å². The van der Waals surface area contributed by atoms with Gasteiger partial charge in [-0.25, -0.2) is 9.18 Å². The van der Waals surface area contributed by atoms with Crippen molar-refractivity contribution in [3.63, 3.8) is 0 Å². The smallest absolute Gasteiger partial charge is 0.323 e. The second-order valence-electron chi connectivity index (χ2n) is 7.05. The molecule has 1 unspecified atom stereocenters. The highest BCUT2D eigenvalue weighted by Crippen LogP contribution is 2.13.